The largest absolute Gasteiger partial charge is 0.379 e. The minimum Gasteiger partial charge on any atom is -0.379 e. The summed E-state index contributed by atoms with van der Waals surface area (Å²) in [4.78, 5) is 7.21. The molecule has 164 valence electrons. The lowest BCUT2D eigenvalue weighted by atomic mass is 10.00. The minimum absolute atomic E-state index is 0. The van der Waals surface area contributed by atoms with Crippen LogP contribution in [0, 0.1) is 0 Å². The second-order valence-electron chi connectivity index (χ2n) is 7.55. The van der Waals surface area contributed by atoms with Gasteiger partial charge < -0.3 is 20.1 Å². The molecule has 6 nitrogen and oxygen atoms in total. The number of nitrogens with zero attached hydrogens (tertiary/aromatic N) is 2. The lowest BCUT2D eigenvalue weighted by Crippen LogP contribution is -2.39. The molecule has 0 saturated carbocycles. The molecule has 2 aliphatic rings. The third-order valence-corrected chi connectivity index (χ3v) is 5.31. The lowest BCUT2D eigenvalue weighted by molar-refractivity contribution is 0.0424. The lowest BCUT2D eigenvalue weighted by Gasteiger charge is -2.28. The van der Waals surface area contributed by atoms with E-state index in [2.05, 4.69) is 51.7 Å². The van der Waals surface area contributed by atoms with Gasteiger partial charge in [-0.05, 0) is 43.7 Å². The molecule has 0 spiro atoms. The van der Waals surface area contributed by atoms with Crippen LogP contribution in [0.15, 0.2) is 29.3 Å². The molecule has 0 bridgehead atoms. The van der Waals surface area contributed by atoms with Gasteiger partial charge in [-0.2, -0.15) is 0 Å². The quantitative estimate of drug-likeness (QED) is 0.217. The molecule has 1 atom stereocenters. The fraction of sp³-hybridized carbons (Fsp3) is 0.682. The van der Waals surface area contributed by atoms with Crippen LogP contribution < -0.4 is 10.6 Å². The molecule has 3 rings (SSSR count). The molecule has 2 aliphatic heterocycles. The summed E-state index contributed by atoms with van der Waals surface area (Å²) in [6.07, 6.45) is 4.55. The van der Waals surface area contributed by atoms with E-state index in [-0.39, 0.29) is 30.1 Å². The maximum absolute atomic E-state index is 5.79. The van der Waals surface area contributed by atoms with E-state index in [1.165, 1.54) is 17.5 Å². The maximum Gasteiger partial charge on any atom is 0.191 e. The molecule has 2 heterocycles. The summed E-state index contributed by atoms with van der Waals surface area (Å²) in [6.45, 7) is 10.4. The normalized spacial score (nSPS) is 19.5. The summed E-state index contributed by atoms with van der Waals surface area (Å²) in [5.41, 5.74) is 3.01. The van der Waals surface area contributed by atoms with Gasteiger partial charge >= 0.3 is 0 Å². The number of hydrogen-bond donors (Lipinski definition) is 2. The van der Waals surface area contributed by atoms with Crippen LogP contribution in [0.2, 0.25) is 0 Å². The van der Waals surface area contributed by atoms with Gasteiger partial charge in [-0.1, -0.05) is 24.3 Å². The van der Waals surface area contributed by atoms with Gasteiger partial charge in [0, 0.05) is 52.5 Å². The zero-order chi connectivity index (χ0) is 19.4. The van der Waals surface area contributed by atoms with Gasteiger partial charge in [0.2, 0.25) is 0 Å². The second kappa shape index (κ2) is 14.2. The predicted molar refractivity (Wildman–Crippen MR) is 129 cm³/mol. The Hall–Kier alpha value is -0.900. The van der Waals surface area contributed by atoms with Crippen molar-refractivity contribution in [3.8, 4) is 0 Å². The van der Waals surface area contributed by atoms with E-state index in [1.54, 1.807) is 0 Å². The summed E-state index contributed by atoms with van der Waals surface area (Å²) < 4.78 is 11.1. The molecule has 0 amide bonds. The Morgan fingerprint density at radius 3 is 2.90 bits per heavy atom. The van der Waals surface area contributed by atoms with Crippen molar-refractivity contribution >= 4 is 29.9 Å². The number of nitrogens with one attached hydrogen (secondary N) is 2. The van der Waals surface area contributed by atoms with E-state index in [9.17, 15) is 0 Å². The van der Waals surface area contributed by atoms with Crippen LogP contribution in [0.4, 0.5) is 0 Å². The van der Waals surface area contributed by atoms with Gasteiger partial charge in [-0.15, -0.1) is 24.0 Å². The molecule has 2 N–H and O–H groups in total. The Morgan fingerprint density at radius 2 is 2.10 bits per heavy atom. The van der Waals surface area contributed by atoms with Crippen LogP contribution in [-0.2, 0) is 22.4 Å². The molecular weight excluding hydrogens is 479 g/mol. The van der Waals surface area contributed by atoms with Gasteiger partial charge in [0.25, 0.3) is 0 Å². The Kier molecular flexibility index (Phi) is 11.9. The van der Waals surface area contributed by atoms with Gasteiger partial charge in [-0.25, -0.2) is 0 Å². The third kappa shape index (κ3) is 8.78. The first kappa shape index (κ1) is 24.4. The average molecular weight is 516 g/mol. The van der Waals surface area contributed by atoms with E-state index in [4.69, 9.17) is 9.47 Å². The number of guanidine groups is 1. The minimum atomic E-state index is 0. The summed E-state index contributed by atoms with van der Waals surface area (Å²) >= 11 is 0. The van der Waals surface area contributed by atoms with Crippen LogP contribution >= 0.6 is 24.0 Å². The molecule has 0 radical (unpaired) electrons. The van der Waals surface area contributed by atoms with E-state index in [0.29, 0.717) is 0 Å². The first-order chi connectivity index (χ1) is 13.8. The molecule has 1 aromatic rings. The molecule has 0 aliphatic carbocycles. The Labute approximate surface area is 192 Å². The molecule has 1 aromatic carbocycles. The first-order valence-corrected chi connectivity index (χ1v) is 10.9. The van der Waals surface area contributed by atoms with Gasteiger partial charge in [-0.3, -0.25) is 9.89 Å². The highest BCUT2D eigenvalue weighted by atomic mass is 127. The van der Waals surface area contributed by atoms with Crippen molar-refractivity contribution < 1.29 is 9.47 Å². The van der Waals surface area contributed by atoms with E-state index < -0.39 is 0 Å². The van der Waals surface area contributed by atoms with E-state index >= 15 is 0 Å². The van der Waals surface area contributed by atoms with Crippen molar-refractivity contribution in [3.05, 3.63) is 35.4 Å². The van der Waals surface area contributed by atoms with Crippen LogP contribution in [0.3, 0.4) is 0 Å². The monoisotopic (exact) mass is 516 g/mol. The van der Waals surface area contributed by atoms with Crippen molar-refractivity contribution in [3.63, 3.8) is 0 Å². The van der Waals surface area contributed by atoms with Crippen molar-refractivity contribution in [2.45, 2.75) is 45.3 Å². The van der Waals surface area contributed by atoms with Crippen LogP contribution in [0.5, 0.6) is 0 Å². The summed E-state index contributed by atoms with van der Waals surface area (Å²) in [7, 11) is 0. The molecular formula is C22H37IN4O2. The van der Waals surface area contributed by atoms with Gasteiger partial charge in [0.15, 0.2) is 5.96 Å². The van der Waals surface area contributed by atoms with Crippen molar-refractivity contribution in [1.82, 2.24) is 15.5 Å². The first-order valence-electron chi connectivity index (χ1n) is 10.9. The number of rotatable bonds is 10. The maximum atomic E-state index is 5.79. The third-order valence-electron chi connectivity index (χ3n) is 5.31. The van der Waals surface area contributed by atoms with Crippen molar-refractivity contribution in [2.75, 3.05) is 52.5 Å². The molecule has 1 saturated heterocycles. The highest BCUT2D eigenvalue weighted by Crippen LogP contribution is 2.18. The van der Waals surface area contributed by atoms with Crippen molar-refractivity contribution in [1.29, 1.82) is 0 Å². The average Bonchev–Trinajstić information content (AvgIpc) is 3.24. The van der Waals surface area contributed by atoms with Gasteiger partial charge in [0.1, 0.15) is 0 Å². The molecule has 7 heteroatoms. The summed E-state index contributed by atoms with van der Waals surface area (Å²) in [6, 6.07) is 8.82. The zero-order valence-electron chi connectivity index (χ0n) is 17.7. The Morgan fingerprint density at radius 1 is 1.24 bits per heavy atom. The fourth-order valence-corrected chi connectivity index (χ4v) is 3.75. The summed E-state index contributed by atoms with van der Waals surface area (Å²) in [5.74, 6) is 0.913. The molecule has 0 aromatic heterocycles. The smallest absolute Gasteiger partial charge is 0.191 e. The highest BCUT2D eigenvalue weighted by molar-refractivity contribution is 14.0. The zero-order valence-corrected chi connectivity index (χ0v) is 20.0. The Bertz CT molecular complexity index is 608. The number of hydrogen-bond acceptors (Lipinski definition) is 4. The number of fused-ring (bicyclic) bond motifs is 1. The fourth-order valence-electron chi connectivity index (χ4n) is 3.75. The van der Waals surface area contributed by atoms with Crippen LogP contribution in [0.25, 0.3) is 0 Å². The topological polar surface area (TPSA) is 58.1 Å². The molecule has 29 heavy (non-hydrogen) atoms. The molecule has 1 unspecified atom stereocenters. The number of halogens is 1. The van der Waals surface area contributed by atoms with Gasteiger partial charge in [0.05, 0.1) is 12.7 Å². The van der Waals surface area contributed by atoms with Crippen LogP contribution in [-0.4, -0.2) is 69.5 Å². The standard InChI is InChI=1S/C22H36N4O2.HI/c1-2-23-22(25-12-6-15-28-21-10-16-27-18-21)24-11-5-13-26-14-9-19-7-3-4-8-20(19)17-26;/h3-4,7-8,21H,2,5-6,9-18H2,1H3,(H2,23,24,25);1H. The van der Waals surface area contributed by atoms with Crippen molar-refractivity contribution in [2.24, 2.45) is 4.99 Å². The number of ether oxygens (including phenoxy) is 2. The SMILES string of the molecule is CCNC(=NCCCOC1CCOC1)NCCCN1CCc2ccccc2C1.I. The highest BCUT2D eigenvalue weighted by Gasteiger charge is 2.16. The Balaban J connectivity index is 0.00000300. The van der Waals surface area contributed by atoms with Crippen LogP contribution in [0.1, 0.15) is 37.3 Å². The van der Waals surface area contributed by atoms with E-state index in [1.807, 2.05) is 0 Å². The number of aliphatic imine (C=N–C) groups is 1. The molecule has 1 fully saturated rings. The van der Waals surface area contributed by atoms with E-state index in [0.717, 1.165) is 84.3 Å². The number of benzene rings is 1. The summed E-state index contributed by atoms with van der Waals surface area (Å²) in [5, 5.41) is 6.79. The second-order valence-corrected chi connectivity index (χ2v) is 7.55. The predicted octanol–water partition coefficient (Wildman–Crippen LogP) is 2.80.